The first kappa shape index (κ1) is 36.3. The number of aliphatic hydroxyl groups excluding tert-OH is 2. The van der Waals surface area contributed by atoms with Crippen LogP contribution in [0.2, 0.25) is 0 Å². The van der Waals surface area contributed by atoms with Gasteiger partial charge in [0.15, 0.2) is 0 Å². The lowest BCUT2D eigenvalue weighted by Crippen LogP contribution is -2.32. The molecule has 9 nitrogen and oxygen atoms in total. The fourth-order valence-corrected chi connectivity index (χ4v) is 4.17. The average Bonchev–Trinajstić information content (AvgIpc) is 2.89. The first-order valence-electron chi connectivity index (χ1n) is 14.4. The molecule has 1 aliphatic rings. The molecule has 1 aliphatic heterocycles. The maximum atomic E-state index is 12.6. The Kier molecular flexibility index (Phi) is 17.5. The molecular weight excluding hydrogens is 536 g/mol. The van der Waals surface area contributed by atoms with E-state index in [4.69, 9.17) is 15.2 Å². The topological polar surface area (TPSA) is 148 Å². The van der Waals surface area contributed by atoms with Gasteiger partial charge in [0.2, 0.25) is 5.91 Å². The van der Waals surface area contributed by atoms with E-state index in [0.717, 1.165) is 16.7 Å². The minimum atomic E-state index is -1.11. The van der Waals surface area contributed by atoms with Crippen LogP contribution in [0.1, 0.15) is 73.1 Å². The number of hydrogen-bond donors (Lipinski definition) is 4. The van der Waals surface area contributed by atoms with Crippen LogP contribution in [0.25, 0.3) is 0 Å². The van der Waals surface area contributed by atoms with Crippen molar-refractivity contribution in [3.63, 3.8) is 0 Å². The van der Waals surface area contributed by atoms with Gasteiger partial charge in [-0.1, -0.05) is 66.2 Å². The van der Waals surface area contributed by atoms with Crippen LogP contribution in [0.3, 0.4) is 0 Å². The number of aliphatic hydroxyl groups is 2. The molecule has 0 saturated carbocycles. The minimum Gasteiger partial charge on any atom is -0.458 e. The summed E-state index contributed by atoms with van der Waals surface area (Å²) < 4.78 is 10.9. The first-order valence-corrected chi connectivity index (χ1v) is 14.4. The van der Waals surface area contributed by atoms with Gasteiger partial charge in [-0.05, 0) is 65.9 Å². The Morgan fingerprint density at radius 1 is 1.14 bits per heavy atom. The zero-order valence-electron chi connectivity index (χ0n) is 25.5. The number of amides is 2. The highest BCUT2D eigenvalue weighted by molar-refractivity contribution is 5.88. The van der Waals surface area contributed by atoms with Gasteiger partial charge in [-0.2, -0.15) is 0 Å². The summed E-state index contributed by atoms with van der Waals surface area (Å²) in [5.41, 5.74) is 7.98. The number of carbonyl (C=O) groups excluding carboxylic acids is 3. The van der Waals surface area contributed by atoms with Gasteiger partial charge in [0.05, 0.1) is 6.10 Å². The summed E-state index contributed by atoms with van der Waals surface area (Å²) in [6, 6.07) is 0. The highest BCUT2D eigenvalue weighted by Gasteiger charge is 2.21. The Balaban J connectivity index is 3.09. The second-order valence-electron chi connectivity index (χ2n) is 10.8. The molecule has 0 aromatic rings. The van der Waals surface area contributed by atoms with E-state index in [1.165, 1.54) is 24.3 Å². The van der Waals surface area contributed by atoms with Crippen molar-refractivity contribution in [2.24, 2.45) is 11.7 Å². The van der Waals surface area contributed by atoms with E-state index in [1.54, 1.807) is 18.4 Å². The molecule has 232 valence electrons. The number of carbonyl (C=O) groups is 3. The van der Waals surface area contributed by atoms with Gasteiger partial charge in [0.25, 0.3) is 0 Å². The third-order valence-corrected chi connectivity index (χ3v) is 6.33. The van der Waals surface area contributed by atoms with Crippen molar-refractivity contribution < 1.29 is 34.1 Å². The Bertz CT molecular complexity index is 1090. The predicted molar refractivity (Wildman–Crippen MR) is 165 cm³/mol. The van der Waals surface area contributed by atoms with E-state index < -0.39 is 36.5 Å². The summed E-state index contributed by atoms with van der Waals surface area (Å²) in [5.74, 6) is -0.764. The maximum Gasteiger partial charge on any atom is 0.404 e. The molecule has 0 unspecified atom stereocenters. The van der Waals surface area contributed by atoms with Gasteiger partial charge in [0, 0.05) is 30.7 Å². The zero-order valence-corrected chi connectivity index (χ0v) is 25.5. The molecule has 0 saturated heterocycles. The van der Waals surface area contributed by atoms with Crippen LogP contribution in [0.4, 0.5) is 4.79 Å². The summed E-state index contributed by atoms with van der Waals surface area (Å²) in [6.45, 7) is 9.54. The van der Waals surface area contributed by atoms with Crippen molar-refractivity contribution in [1.82, 2.24) is 5.32 Å². The predicted octanol–water partition coefficient (Wildman–Crippen LogP) is 5.23. The van der Waals surface area contributed by atoms with Gasteiger partial charge in [-0.15, -0.1) is 0 Å². The standard InChI is InChI=1S/C33H48N2O7/c1-23(2)20-31(38)35-19-18-25(4)21-26(5)30-22-24(3)12-8-6-10-14-29(42-33(34)40)28(37)17-16-27(36)13-9-7-11-15-32(39)41-30/h6,8,11-12,15-21,26-30,36-37H,7,9-10,13-14,22H2,1-5H3,(H2,34,40)(H,35,38)/b8-6+,15-11+,17-16+,19-18+,24-12+,25-21-/t26-,27+,28+,29+,30-/m1/s1. The quantitative estimate of drug-likeness (QED) is 0.145. The summed E-state index contributed by atoms with van der Waals surface area (Å²) in [5, 5.41) is 23.4. The number of primary amides is 1. The normalized spacial score (nSPS) is 27.8. The van der Waals surface area contributed by atoms with Gasteiger partial charge < -0.3 is 30.7 Å². The monoisotopic (exact) mass is 584 g/mol. The van der Waals surface area contributed by atoms with E-state index >= 15 is 0 Å². The fraction of sp³-hybridized carbons (Fsp3) is 0.485. The number of ether oxygens (including phenoxy) is 2. The summed E-state index contributed by atoms with van der Waals surface area (Å²) in [6.07, 6.45) is 17.3. The van der Waals surface area contributed by atoms with Gasteiger partial charge >= 0.3 is 12.1 Å². The third-order valence-electron chi connectivity index (χ3n) is 6.33. The highest BCUT2D eigenvalue weighted by atomic mass is 16.6. The van der Waals surface area contributed by atoms with Crippen molar-refractivity contribution in [2.75, 3.05) is 0 Å². The number of nitrogens with one attached hydrogen (secondary N) is 1. The molecule has 9 heteroatoms. The van der Waals surface area contributed by atoms with Crippen LogP contribution in [0, 0.1) is 5.92 Å². The number of allylic oxidation sites excluding steroid dienone is 7. The first-order chi connectivity index (χ1) is 19.9. The SMILES string of the molecule is CC(C)=CC(=O)N/C=C/C(C)=C\[C@@H](C)[C@H]1C/C(C)=C/C=C/CC[C@H](OC(N)=O)[C@@H](O)/C=C/[C@@H](O)CCC/C=C/C(=O)O1. The van der Waals surface area contributed by atoms with E-state index in [-0.39, 0.29) is 11.8 Å². The number of rotatable bonds is 6. The molecule has 0 radical (unpaired) electrons. The van der Waals surface area contributed by atoms with Crippen LogP contribution >= 0.6 is 0 Å². The summed E-state index contributed by atoms with van der Waals surface area (Å²) >= 11 is 0. The van der Waals surface area contributed by atoms with Crippen LogP contribution < -0.4 is 11.1 Å². The molecule has 42 heavy (non-hydrogen) atoms. The Morgan fingerprint density at radius 2 is 1.88 bits per heavy atom. The van der Waals surface area contributed by atoms with Crippen molar-refractivity contribution in [3.05, 3.63) is 83.7 Å². The maximum absolute atomic E-state index is 12.6. The lowest BCUT2D eigenvalue weighted by atomic mass is 9.95. The number of nitrogens with two attached hydrogens (primary N) is 1. The largest absolute Gasteiger partial charge is 0.458 e. The van der Waals surface area contributed by atoms with Crippen molar-refractivity contribution in [2.45, 2.75) is 97.6 Å². The minimum absolute atomic E-state index is 0.124. The van der Waals surface area contributed by atoms with Crippen molar-refractivity contribution >= 4 is 18.0 Å². The van der Waals surface area contributed by atoms with E-state index in [1.807, 2.05) is 58.9 Å². The lowest BCUT2D eigenvalue weighted by molar-refractivity contribution is -0.144. The third kappa shape index (κ3) is 17.2. The molecule has 1 rings (SSSR count). The van der Waals surface area contributed by atoms with E-state index in [0.29, 0.717) is 38.5 Å². The molecule has 0 spiro atoms. The van der Waals surface area contributed by atoms with Gasteiger partial charge in [-0.3, -0.25) is 4.79 Å². The highest BCUT2D eigenvalue weighted by Crippen LogP contribution is 2.21. The fourth-order valence-electron chi connectivity index (χ4n) is 4.17. The Hall–Kier alpha value is -3.69. The van der Waals surface area contributed by atoms with Crippen LogP contribution in [-0.2, 0) is 19.1 Å². The average molecular weight is 585 g/mol. The molecule has 5 atom stereocenters. The summed E-state index contributed by atoms with van der Waals surface area (Å²) in [7, 11) is 0. The molecule has 0 fully saturated rings. The molecule has 1 heterocycles. The lowest BCUT2D eigenvalue weighted by Gasteiger charge is -2.22. The van der Waals surface area contributed by atoms with Crippen molar-refractivity contribution in [3.8, 4) is 0 Å². The molecule has 5 N–H and O–H groups in total. The smallest absolute Gasteiger partial charge is 0.404 e. The van der Waals surface area contributed by atoms with E-state index in [9.17, 15) is 24.6 Å². The molecule has 0 bridgehead atoms. The molecule has 0 aliphatic carbocycles. The molecule has 2 amide bonds. The second kappa shape index (κ2) is 20.2. The van der Waals surface area contributed by atoms with Gasteiger partial charge in [-0.25, -0.2) is 9.59 Å². The number of hydrogen-bond acceptors (Lipinski definition) is 7. The molecular formula is C33H48N2O7. The Labute approximate surface area is 250 Å². The Morgan fingerprint density at radius 3 is 2.57 bits per heavy atom. The van der Waals surface area contributed by atoms with Crippen molar-refractivity contribution in [1.29, 1.82) is 0 Å². The van der Waals surface area contributed by atoms with E-state index in [2.05, 4.69) is 5.32 Å². The van der Waals surface area contributed by atoms with Crippen LogP contribution in [0.5, 0.6) is 0 Å². The van der Waals surface area contributed by atoms with Gasteiger partial charge in [0.1, 0.15) is 18.3 Å². The van der Waals surface area contributed by atoms with Crippen LogP contribution in [0.15, 0.2) is 83.7 Å². The summed E-state index contributed by atoms with van der Waals surface area (Å²) in [4.78, 5) is 35.8. The molecule has 0 aromatic heterocycles. The number of cyclic esters (lactones) is 1. The second-order valence-corrected chi connectivity index (χ2v) is 10.8. The zero-order chi connectivity index (χ0) is 31.5. The number of esters is 1. The van der Waals surface area contributed by atoms with Crippen LogP contribution in [-0.4, -0.2) is 52.6 Å². The molecule has 0 aromatic carbocycles.